The molecule has 1 aliphatic rings. The van der Waals surface area contributed by atoms with Gasteiger partial charge in [0.15, 0.2) is 0 Å². The van der Waals surface area contributed by atoms with E-state index < -0.39 is 0 Å². The third-order valence-corrected chi connectivity index (χ3v) is 3.02. The monoisotopic (exact) mass is 195 g/mol. The molecule has 78 valence electrons. The largest absolute Gasteiger partial charge is 0.468 e. The molecule has 1 fully saturated rings. The smallest absolute Gasteiger partial charge is 0.117 e. The predicted octanol–water partition coefficient (Wildman–Crippen LogP) is 1.62. The third kappa shape index (κ3) is 1.99. The third-order valence-electron chi connectivity index (χ3n) is 3.02. The van der Waals surface area contributed by atoms with Gasteiger partial charge in [-0.25, -0.2) is 0 Å². The maximum absolute atomic E-state index is 9.70. The molecule has 0 spiro atoms. The molecule has 1 aromatic rings. The first-order chi connectivity index (χ1) is 6.77. The highest BCUT2D eigenvalue weighted by atomic mass is 16.3. The molecule has 1 aromatic heterocycles. The number of aliphatic hydroxyl groups excluding tert-OH is 1. The quantitative estimate of drug-likeness (QED) is 0.779. The zero-order valence-electron chi connectivity index (χ0n) is 8.52. The van der Waals surface area contributed by atoms with Crippen LogP contribution in [-0.4, -0.2) is 28.7 Å². The van der Waals surface area contributed by atoms with E-state index in [2.05, 4.69) is 11.8 Å². The van der Waals surface area contributed by atoms with Crippen molar-refractivity contribution < 1.29 is 9.52 Å². The Morgan fingerprint density at radius 2 is 2.50 bits per heavy atom. The second kappa shape index (κ2) is 4.15. The predicted molar refractivity (Wildman–Crippen MR) is 53.8 cm³/mol. The first kappa shape index (κ1) is 9.74. The van der Waals surface area contributed by atoms with Crippen molar-refractivity contribution in [1.82, 2.24) is 4.90 Å². The first-order valence-electron chi connectivity index (χ1n) is 5.22. The molecule has 3 nitrogen and oxygen atoms in total. The number of piperidine rings is 1. The van der Waals surface area contributed by atoms with Crippen LogP contribution in [0.15, 0.2) is 22.8 Å². The van der Waals surface area contributed by atoms with E-state index in [1.807, 2.05) is 12.1 Å². The van der Waals surface area contributed by atoms with Crippen molar-refractivity contribution in [2.45, 2.75) is 38.5 Å². The SMILES string of the molecule is CC1C(O)CCCN1Cc1ccco1. The van der Waals surface area contributed by atoms with E-state index in [4.69, 9.17) is 4.42 Å². The van der Waals surface area contributed by atoms with Crippen LogP contribution in [0.25, 0.3) is 0 Å². The summed E-state index contributed by atoms with van der Waals surface area (Å²) >= 11 is 0. The van der Waals surface area contributed by atoms with Crippen molar-refractivity contribution in [2.75, 3.05) is 6.54 Å². The minimum Gasteiger partial charge on any atom is -0.468 e. The van der Waals surface area contributed by atoms with Crippen molar-refractivity contribution in [3.05, 3.63) is 24.2 Å². The molecule has 0 amide bonds. The topological polar surface area (TPSA) is 36.6 Å². The molecule has 0 aromatic carbocycles. The number of furan rings is 1. The molecule has 2 rings (SSSR count). The summed E-state index contributed by atoms with van der Waals surface area (Å²) in [6, 6.07) is 4.13. The standard InChI is InChI=1S/C11H17NO2/c1-9-11(13)5-2-6-12(9)8-10-4-3-7-14-10/h3-4,7,9,11,13H,2,5-6,8H2,1H3. The number of aliphatic hydroxyl groups is 1. The van der Waals surface area contributed by atoms with Gasteiger partial charge in [-0.3, -0.25) is 4.90 Å². The fraction of sp³-hybridized carbons (Fsp3) is 0.636. The lowest BCUT2D eigenvalue weighted by molar-refractivity contribution is 0.0126. The molecule has 1 aliphatic heterocycles. The molecule has 1 saturated heterocycles. The van der Waals surface area contributed by atoms with Crippen molar-refractivity contribution in [3.8, 4) is 0 Å². The van der Waals surface area contributed by atoms with Gasteiger partial charge in [0.05, 0.1) is 18.9 Å². The lowest BCUT2D eigenvalue weighted by atomic mass is 10.0. The Hall–Kier alpha value is -0.800. The van der Waals surface area contributed by atoms with Gasteiger partial charge in [0.2, 0.25) is 0 Å². The Morgan fingerprint density at radius 1 is 1.64 bits per heavy atom. The van der Waals surface area contributed by atoms with E-state index in [0.717, 1.165) is 31.7 Å². The highest BCUT2D eigenvalue weighted by Crippen LogP contribution is 2.19. The Labute approximate surface area is 84.3 Å². The van der Waals surface area contributed by atoms with Crippen molar-refractivity contribution in [3.63, 3.8) is 0 Å². The Kier molecular flexibility index (Phi) is 2.89. The summed E-state index contributed by atoms with van der Waals surface area (Å²) in [6.07, 6.45) is 3.52. The highest BCUT2D eigenvalue weighted by molar-refractivity contribution is 4.99. The van der Waals surface area contributed by atoms with Crippen LogP contribution in [0, 0.1) is 0 Å². The normalized spacial score (nSPS) is 29.3. The molecule has 0 bridgehead atoms. The van der Waals surface area contributed by atoms with Gasteiger partial charge in [0.1, 0.15) is 5.76 Å². The summed E-state index contributed by atoms with van der Waals surface area (Å²) in [5, 5.41) is 9.70. The summed E-state index contributed by atoms with van der Waals surface area (Å²) in [5.74, 6) is 0.978. The fourth-order valence-corrected chi connectivity index (χ4v) is 2.02. The zero-order valence-corrected chi connectivity index (χ0v) is 8.52. The molecule has 14 heavy (non-hydrogen) atoms. The lowest BCUT2D eigenvalue weighted by Gasteiger charge is -2.36. The maximum Gasteiger partial charge on any atom is 0.117 e. The van der Waals surface area contributed by atoms with Gasteiger partial charge in [0, 0.05) is 6.04 Å². The molecule has 3 heteroatoms. The van der Waals surface area contributed by atoms with Crippen LogP contribution in [0.1, 0.15) is 25.5 Å². The van der Waals surface area contributed by atoms with E-state index in [9.17, 15) is 5.11 Å². The number of nitrogens with zero attached hydrogens (tertiary/aromatic N) is 1. The molecule has 0 radical (unpaired) electrons. The van der Waals surface area contributed by atoms with E-state index in [1.165, 1.54) is 0 Å². The molecule has 0 saturated carbocycles. The van der Waals surface area contributed by atoms with Crippen molar-refractivity contribution in [1.29, 1.82) is 0 Å². The van der Waals surface area contributed by atoms with Gasteiger partial charge in [-0.1, -0.05) is 0 Å². The van der Waals surface area contributed by atoms with E-state index in [1.54, 1.807) is 6.26 Å². The van der Waals surface area contributed by atoms with Gasteiger partial charge < -0.3 is 9.52 Å². The highest BCUT2D eigenvalue weighted by Gasteiger charge is 2.26. The maximum atomic E-state index is 9.70. The zero-order chi connectivity index (χ0) is 9.97. The summed E-state index contributed by atoms with van der Waals surface area (Å²) in [4.78, 5) is 2.27. The van der Waals surface area contributed by atoms with Gasteiger partial charge in [-0.05, 0) is 38.4 Å². The summed E-state index contributed by atoms with van der Waals surface area (Å²) in [6.45, 7) is 3.94. The minimum atomic E-state index is -0.182. The summed E-state index contributed by atoms with van der Waals surface area (Å²) in [7, 11) is 0. The van der Waals surface area contributed by atoms with Crippen LogP contribution in [0.2, 0.25) is 0 Å². The average molecular weight is 195 g/mol. The Bertz CT molecular complexity index is 271. The number of hydrogen-bond donors (Lipinski definition) is 1. The summed E-state index contributed by atoms with van der Waals surface area (Å²) < 4.78 is 5.30. The van der Waals surface area contributed by atoms with Gasteiger partial charge in [-0.15, -0.1) is 0 Å². The van der Waals surface area contributed by atoms with Crippen LogP contribution >= 0.6 is 0 Å². The molecule has 1 N–H and O–H groups in total. The molecular formula is C11H17NO2. The molecule has 0 aliphatic carbocycles. The Morgan fingerprint density at radius 3 is 3.21 bits per heavy atom. The number of likely N-dealkylation sites (tertiary alicyclic amines) is 1. The van der Waals surface area contributed by atoms with Crippen LogP contribution in [0.4, 0.5) is 0 Å². The van der Waals surface area contributed by atoms with Crippen LogP contribution in [0.3, 0.4) is 0 Å². The fourth-order valence-electron chi connectivity index (χ4n) is 2.02. The van der Waals surface area contributed by atoms with Gasteiger partial charge >= 0.3 is 0 Å². The van der Waals surface area contributed by atoms with Crippen molar-refractivity contribution in [2.24, 2.45) is 0 Å². The van der Waals surface area contributed by atoms with Crippen LogP contribution < -0.4 is 0 Å². The van der Waals surface area contributed by atoms with Gasteiger partial charge in [0.25, 0.3) is 0 Å². The molecule has 2 heterocycles. The number of hydrogen-bond acceptors (Lipinski definition) is 3. The van der Waals surface area contributed by atoms with Crippen LogP contribution in [0.5, 0.6) is 0 Å². The second-order valence-corrected chi connectivity index (χ2v) is 4.00. The average Bonchev–Trinajstić information content (AvgIpc) is 2.66. The molecule has 2 unspecified atom stereocenters. The van der Waals surface area contributed by atoms with Crippen LogP contribution in [-0.2, 0) is 6.54 Å². The van der Waals surface area contributed by atoms with E-state index in [-0.39, 0.29) is 12.1 Å². The van der Waals surface area contributed by atoms with Crippen molar-refractivity contribution >= 4 is 0 Å². The lowest BCUT2D eigenvalue weighted by Crippen LogP contribution is -2.45. The van der Waals surface area contributed by atoms with Gasteiger partial charge in [-0.2, -0.15) is 0 Å². The Balaban J connectivity index is 1.97. The minimum absolute atomic E-state index is 0.182. The first-order valence-corrected chi connectivity index (χ1v) is 5.22. The molecule has 2 atom stereocenters. The van der Waals surface area contributed by atoms with E-state index >= 15 is 0 Å². The summed E-state index contributed by atoms with van der Waals surface area (Å²) in [5.41, 5.74) is 0. The molecular weight excluding hydrogens is 178 g/mol. The van der Waals surface area contributed by atoms with E-state index in [0.29, 0.717) is 0 Å². The second-order valence-electron chi connectivity index (χ2n) is 4.00. The number of rotatable bonds is 2.